The van der Waals surface area contributed by atoms with Crippen LogP contribution in [0.4, 0.5) is 0 Å². The normalized spacial score (nSPS) is 11.8. The van der Waals surface area contributed by atoms with Gasteiger partial charge in [0.15, 0.2) is 5.69 Å². The maximum Gasteiger partial charge on any atom is 0.358 e. The second-order valence-electron chi connectivity index (χ2n) is 6.73. The molecular formula is C25H22N2O2. The van der Waals surface area contributed by atoms with Crippen molar-refractivity contribution in [2.45, 2.75) is 13.0 Å². The van der Waals surface area contributed by atoms with Crippen LogP contribution in [0.15, 0.2) is 97.5 Å². The number of carbonyl (C=O) groups is 1. The van der Waals surface area contributed by atoms with Crippen LogP contribution in [0.25, 0.3) is 11.1 Å². The number of esters is 1. The van der Waals surface area contributed by atoms with E-state index in [4.69, 9.17) is 4.74 Å². The fourth-order valence-corrected chi connectivity index (χ4v) is 3.45. The molecule has 0 aliphatic carbocycles. The molecule has 0 radical (unpaired) electrons. The van der Waals surface area contributed by atoms with Crippen LogP contribution >= 0.6 is 0 Å². The number of carbonyl (C=O) groups excluding carboxylic acids is 1. The summed E-state index contributed by atoms with van der Waals surface area (Å²) in [5.41, 5.74) is 4.90. The quantitative estimate of drug-likeness (QED) is 0.421. The molecule has 4 rings (SSSR count). The molecule has 0 spiro atoms. The Morgan fingerprint density at radius 3 is 2.10 bits per heavy atom. The van der Waals surface area contributed by atoms with Gasteiger partial charge >= 0.3 is 5.97 Å². The van der Waals surface area contributed by atoms with Gasteiger partial charge in [0.25, 0.3) is 0 Å². The van der Waals surface area contributed by atoms with E-state index < -0.39 is 5.97 Å². The van der Waals surface area contributed by atoms with Crippen LogP contribution in [0.1, 0.15) is 34.6 Å². The molecular weight excluding hydrogens is 360 g/mol. The van der Waals surface area contributed by atoms with Crippen molar-refractivity contribution in [3.05, 3.63) is 114 Å². The SMILES string of the molecule is CCOC(=O)c1cn(C(c2ccccc2)c2ccc(-c3ccccc3)cc2)cn1. The summed E-state index contributed by atoms with van der Waals surface area (Å²) in [6, 6.07) is 28.9. The molecule has 0 saturated heterocycles. The Labute approximate surface area is 170 Å². The van der Waals surface area contributed by atoms with Crippen LogP contribution < -0.4 is 0 Å². The number of ether oxygens (including phenoxy) is 1. The van der Waals surface area contributed by atoms with Crippen molar-refractivity contribution >= 4 is 5.97 Å². The lowest BCUT2D eigenvalue weighted by Crippen LogP contribution is -2.11. The minimum Gasteiger partial charge on any atom is -0.461 e. The van der Waals surface area contributed by atoms with Crippen molar-refractivity contribution in [2.75, 3.05) is 6.61 Å². The number of aromatic nitrogens is 2. The van der Waals surface area contributed by atoms with Gasteiger partial charge in [0.1, 0.15) is 0 Å². The maximum absolute atomic E-state index is 12.1. The number of hydrogen-bond acceptors (Lipinski definition) is 3. The molecule has 29 heavy (non-hydrogen) atoms. The Kier molecular flexibility index (Phi) is 5.52. The predicted octanol–water partition coefficient (Wildman–Crippen LogP) is 5.36. The highest BCUT2D eigenvalue weighted by atomic mass is 16.5. The standard InChI is InChI=1S/C25H22N2O2/c1-2-29-25(28)23-17-27(18-26-23)24(21-11-7-4-8-12-21)22-15-13-20(14-16-22)19-9-5-3-6-10-19/h3-18,24H,2H2,1H3. The number of hydrogen-bond donors (Lipinski definition) is 0. The van der Waals surface area contributed by atoms with Crippen LogP contribution in [0.3, 0.4) is 0 Å². The molecule has 0 bridgehead atoms. The summed E-state index contributed by atoms with van der Waals surface area (Å²) in [5.74, 6) is -0.405. The third-order valence-corrected chi connectivity index (χ3v) is 4.83. The lowest BCUT2D eigenvalue weighted by Gasteiger charge is -2.20. The zero-order valence-electron chi connectivity index (χ0n) is 16.2. The molecule has 0 aliphatic heterocycles. The first-order valence-electron chi connectivity index (χ1n) is 9.67. The Balaban J connectivity index is 1.71. The first kappa shape index (κ1) is 18.7. The molecule has 3 aromatic carbocycles. The molecule has 1 atom stereocenters. The first-order chi connectivity index (χ1) is 14.3. The van der Waals surface area contributed by atoms with Crippen molar-refractivity contribution in [1.29, 1.82) is 0 Å². The average Bonchev–Trinajstić information content (AvgIpc) is 3.26. The van der Waals surface area contributed by atoms with Gasteiger partial charge in [-0.3, -0.25) is 0 Å². The minimum atomic E-state index is -0.405. The first-order valence-corrected chi connectivity index (χ1v) is 9.67. The van der Waals surface area contributed by atoms with E-state index in [1.807, 2.05) is 41.0 Å². The largest absolute Gasteiger partial charge is 0.461 e. The number of benzene rings is 3. The van der Waals surface area contributed by atoms with Crippen molar-refractivity contribution < 1.29 is 9.53 Å². The monoisotopic (exact) mass is 382 g/mol. The molecule has 4 nitrogen and oxygen atoms in total. The molecule has 1 unspecified atom stereocenters. The summed E-state index contributed by atoms with van der Waals surface area (Å²) in [5, 5.41) is 0. The second-order valence-corrected chi connectivity index (χ2v) is 6.73. The van der Waals surface area contributed by atoms with E-state index in [1.165, 1.54) is 11.1 Å². The summed E-state index contributed by atoms with van der Waals surface area (Å²) in [6.07, 6.45) is 3.44. The Morgan fingerprint density at radius 2 is 1.45 bits per heavy atom. The summed E-state index contributed by atoms with van der Waals surface area (Å²) in [6.45, 7) is 2.12. The number of imidazole rings is 1. The predicted molar refractivity (Wildman–Crippen MR) is 114 cm³/mol. The fraction of sp³-hybridized carbons (Fsp3) is 0.120. The van der Waals surface area contributed by atoms with Crippen LogP contribution in [0, 0.1) is 0 Å². The lowest BCUT2D eigenvalue weighted by atomic mass is 9.96. The molecule has 0 saturated carbocycles. The van der Waals surface area contributed by atoms with E-state index in [2.05, 4.69) is 53.5 Å². The van der Waals surface area contributed by atoms with Gasteiger partial charge in [0, 0.05) is 6.20 Å². The number of nitrogens with zero attached hydrogens (tertiary/aromatic N) is 2. The van der Waals surface area contributed by atoms with Crippen LogP contribution in [0.2, 0.25) is 0 Å². The third kappa shape index (κ3) is 4.11. The highest BCUT2D eigenvalue weighted by molar-refractivity contribution is 5.86. The molecule has 0 amide bonds. The molecule has 4 aromatic rings. The van der Waals surface area contributed by atoms with Crippen molar-refractivity contribution in [3.63, 3.8) is 0 Å². The Hall–Kier alpha value is -3.66. The molecule has 144 valence electrons. The molecule has 1 heterocycles. The molecule has 0 aliphatic rings. The van der Waals surface area contributed by atoms with Crippen LogP contribution in [-0.2, 0) is 4.74 Å². The lowest BCUT2D eigenvalue weighted by molar-refractivity contribution is 0.0520. The van der Waals surface area contributed by atoms with Gasteiger partial charge in [-0.2, -0.15) is 0 Å². The zero-order chi connectivity index (χ0) is 20.1. The van der Waals surface area contributed by atoms with Gasteiger partial charge in [-0.05, 0) is 29.2 Å². The van der Waals surface area contributed by atoms with Gasteiger partial charge in [0.05, 0.1) is 19.0 Å². The molecule has 0 N–H and O–H groups in total. The summed E-state index contributed by atoms with van der Waals surface area (Å²) < 4.78 is 7.04. The summed E-state index contributed by atoms with van der Waals surface area (Å²) >= 11 is 0. The minimum absolute atomic E-state index is 0.0864. The van der Waals surface area contributed by atoms with Gasteiger partial charge in [-0.25, -0.2) is 9.78 Å². The Morgan fingerprint density at radius 1 is 0.862 bits per heavy atom. The molecule has 1 aromatic heterocycles. The van der Waals surface area contributed by atoms with E-state index in [9.17, 15) is 4.79 Å². The molecule has 4 heteroatoms. The maximum atomic E-state index is 12.1. The van der Waals surface area contributed by atoms with Crippen LogP contribution in [-0.4, -0.2) is 22.1 Å². The molecule has 0 fully saturated rings. The van der Waals surface area contributed by atoms with Crippen LogP contribution in [0.5, 0.6) is 0 Å². The smallest absolute Gasteiger partial charge is 0.358 e. The fourth-order valence-electron chi connectivity index (χ4n) is 3.45. The Bertz CT molecular complexity index is 1070. The average molecular weight is 382 g/mol. The van der Waals surface area contributed by atoms with Gasteiger partial charge in [-0.15, -0.1) is 0 Å². The third-order valence-electron chi connectivity index (χ3n) is 4.83. The summed E-state index contributed by atoms with van der Waals surface area (Å²) in [7, 11) is 0. The van der Waals surface area contributed by atoms with E-state index in [0.717, 1.165) is 11.1 Å². The van der Waals surface area contributed by atoms with Crippen molar-refractivity contribution in [1.82, 2.24) is 9.55 Å². The van der Waals surface area contributed by atoms with Crippen molar-refractivity contribution in [3.8, 4) is 11.1 Å². The summed E-state index contributed by atoms with van der Waals surface area (Å²) in [4.78, 5) is 16.3. The second kappa shape index (κ2) is 8.57. The zero-order valence-corrected chi connectivity index (χ0v) is 16.2. The topological polar surface area (TPSA) is 44.1 Å². The van der Waals surface area contributed by atoms with E-state index in [0.29, 0.717) is 12.3 Å². The van der Waals surface area contributed by atoms with E-state index >= 15 is 0 Å². The highest BCUT2D eigenvalue weighted by Crippen LogP contribution is 2.29. The van der Waals surface area contributed by atoms with Crippen molar-refractivity contribution in [2.24, 2.45) is 0 Å². The number of rotatable bonds is 6. The van der Waals surface area contributed by atoms with E-state index in [1.54, 1.807) is 19.4 Å². The van der Waals surface area contributed by atoms with Gasteiger partial charge < -0.3 is 9.30 Å². The van der Waals surface area contributed by atoms with E-state index in [-0.39, 0.29) is 6.04 Å². The van der Waals surface area contributed by atoms with Gasteiger partial charge in [0.2, 0.25) is 0 Å². The highest BCUT2D eigenvalue weighted by Gasteiger charge is 2.19. The van der Waals surface area contributed by atoms with Gasteiger partial charge in [-0.1, -0.05) is 84.9 Å².